The molecule has 8 heteroatoms. The Morgan fingerprint density at radius 3 is 2.54 bits per heavy atom. The first-order chi connectivity index (χ1) is 13.8. The van der Waals surface area contributed by atoms with Crippen LogP contribution in [0.15, 0.2) is 17.6 Å². The molecule has 0 atom stereocenters. The first-order valence-electron chi connectivity index (χ1n) is 10.9. The van der Waals surface area contributed by atoms with E-state index >= 15 is 0 Å². The number of rotatable bonds is 9. The zero-order chi connectivity index (χ0) is 19.5. The highest BCUT2D eigenvalue weighted by Gasteiger charge is 2.34. The third kappa shape index (κ3) is 6.74. The second-order valence-electron chi connectivity index (χ2n) is 8.21. The van der Waals surface area contributed by atoms with Crippen molar-refractivity contribution in [2.75, 3.05) is 53.0 Å². The van der Waals surface area contributed by atoms with Crippen molar-refractivity contribution in [1.29, 1.82) is 0 Å². The molecule has 1 aromatic rings. The van der Waals surface area contributed by atoms with Gasteiger partial charge < -0.3 is 19.9 Å². The highest BCUT2D eigenvalue weighted by Crippen LogP contribution is 2.36. The minimum atomic E-state index is 0.363. The fourth-order valence-corrected chi connectivity index (χ4v) is 4.38. The van der Waals surface area contributed by atoms with Crippen LogP contribution in [0.1, 0.15) is 44.9 Å². The first-order valence-corrected chi connectivity index (χ1v) is 10.9. The van der Waals surface area contributed by atoms with Crippen molar-refractivity contribution in [2.24, 2.45) is 10.4 Å². The first kappa shape index (κ1) is 21.0. The lowest BCUT2D eigenvalue weighted by Gasteiger charge is -2.42. The Labute approximate surface area is 169 Å². The SMILES string of the molecule is CN=C(NCCCCn1cnnc1)NCC1(CN2CCOCC2)CCCCC1. The number of aliphatic imine (C=N–C) groups is 1. The molecular weight excluding hydrogens is 354 g/mol. The van der Waals surface area contributed by atoms with Crippen LogP contribution in [-0.4, -0.2) is 78.6 Å². The van der Waals surface area contributed by atoms with E-state index in [0.717, 1.165) is 64.7 Å². The zero-order valence-corrected chi connectivity index (χ0v) is 17.4. The molecule has 0 aromatic carbocycles. The summed E-state index contributed by atoms with van der Waals surface area (Å²) < 4.78 is 7.55. The van der Waals surface area contributed by atoms with Gasteiger partial charge in [0.05, 0.1) is 13.2 Å². The van der Waals surface area contributed by atoms with E-state index in [1.165, 1.54) is 38.6 Å². The molecule has 0 unspecified atom stereocenters. The van der Waals surface area contributed by atoms with Crippen molar-refractivity contribution in [3.63, 3.8) is 0 Å². The van der Waals surface area contributed by atoms with Crippen LogP contribution in [0, 0.1) is 5.41 Å². The summed E-state index contributed by atoms with van der Waals surface area (Å²) in [6.07, 6.45) is 12.4. The molecule has 1 aromatic heterocycles. The molecule has 1 aliphatic carbocycles. The molecule has 8 nitrogen and oxygen atoms in total. The van der Waals surface area contributed by atoms with E-state index in [1.807, 2.05) is 11.6 Å². The maximum Gasteiger partial charge on any atom is 0.190 e. The van der Waals surface area contributed by atoms with E-state index in [0.29, 0.717) is 5.41 Å². The Kier molecular flexibility index (Phi) is 8.54. The molecule has 0 bridgehead atoms. The topological polar surface area (TPSA) is 79.6 Å². The molecule has 158 valence electrons. The molecule has 2 heterocycles. The van der Waals surface area contributed by atoms with E-state index in [9.17, 15) is 0 Å². The summed E-state index contributed by atoms with van der Waals surface area (Å²) in [5.74, 6) is 0.927. The Morgan fingerprint density at radius 1 is 1.07 bits per heavy atom. The van der Waals surface area contributed by atoms with Gasteiger partial charge in [0.1, 0.15) is 12.7 Å². The Hall–Kier alpha value is -1.67. The van der Waals surface area contributed by atoms with E-state index in [4.69, 9.17) is 4.74 Å². The van der Waals surface area contributed by atoms with Crippen molar-refractivity contribution >= 4 is 5.96 Å². The number of aromatic nitrogens is 3. The molecule has 2 aliphatic rings. The van der Waals surface area contributed by atoms with Crippen LogP contribution in [-0.2, 0) is 11.3 Å². The smallest absolute Gasteiger partial charge is 0.190 e. The van der Waals surface area contributed by atoms with Gasteiger partial charge >= 0.3 is 0 Å². The molecule has 1 saturated heterocycles. The Bertz CT molecular complexity index is 563. The van der Waals surface area contributed by atoms with Gasteiger partial charge in [-0.2, -0.15) is 0 Å². The predicted molar refractivity (Wildman–Crippen MR) is 111 cm³/mol. The largest absolute Gasteiger partial charge is 0.379 e. The lowest BCUT2D eigenvalue weighted by atomic mass is 9.73. The number of hydrogen-bond acceptors (Lipinski definition) is 5. The van der Waals surface area contributed by atoms with Gasteiger partial charge in [-0.15, -0.1) is 10.2 Å². The summed E-state index contributed by atoms with van der Waals surface area (Å²) in [5, 5.41) is 14.8. The molecule has 0 spiro atoms. The molecule has 0 radical (unpaired) electrons. The van der Waals surface area contributed by atoms with Crippen molar-refractivity contribution < 1.29 is 4.74 Å². The Morgan fingerprint density at radius 2 is 1.82 bits per heavy atom. The van der Waals surface area contributed by atoms with Gasteiger partial charge in [0.2, 0.25) is 0 Å². The van der Waals surface area contributed by atoms with Crippen molar-refractivity contribution in [3.05, 3.63) is 12.7 Å². The van der Waals surface area contributed by atoms with Crippen LogP contribution in [0.4, 0.5) is 0 Å². The number of guanidine groups is 1. The highest BCUT2D eigenvalue weighted by molar-refractivity contribution is 5.79. The maximum absolute atomic E-state index is 5.53. The summed E-state index contributed by atoms with van der Waals surface area (Å²) in [5.41, 5.74) is 0.363. The number of aryl methyl sites for hydroxylation is 1. The van der Waals surface area contributed by atoms with Gasteiger partial charge in [-0.3, -0.25) is 9.89 Å². The summed E-state index contributed by atoms with van der Waals surface area (Å²) in [7, 11) is 1.86. The normalized spacial score (nSPS) is 20.8. The molecule has 3 rings (SSSR count). The van der Waals surface area contributed by atoms with E-state index in [-0.39, 0.29) is 0 Å². The van der Waals surface area contributed by atoms with E-state index in [2.05, 4.69) is 30.7 Å². The highest BCUT2D eigenvalue weighted by atomic mass is 16.5. The van der Waals surface area contributed by atoms with Crippen LogP contribution >= 0.6 is 0 Å². The van der Waals surface area contributed by atoms with Gasteiger partial charge in [0.15, 0.2) is 5.96 Å². The quantitative estimate of drug-likeness (QED) is 0.377. The third-order valence-electron chi connectivity index (χ3n) is 6.03. The van der Waals surface area contributed by atoms with E-state index in [1.54, 1.807) is 12.7 Å². The van der Waals surface area contributed by atoms with Gasteiger partial charge in [-0.05, 0) is 25.7 Å². The molecule has 0 amide bonds. The fourth-order valence-electron chi connectivity index (χ4n) is 4.38. The van der Waals surface area contributed by atoms with Gasteiger partial charge in [0.25, 0.3) is 0 Å². The van der Waals surface area contributed by atoms with Crippen LogP contribution in [0.2, 0.25) is 0 Å². The number of ether oxygens (including phenoxy) is 1. The number of unbranched alkanes of at least 4 members (excludes halogenated alkanes) is 1. The second-order valence-corrected chi connectivity index (χ2v) is 8.21. The standard InChI is InChI=1S/C20H37N7O/c1-21-19(22-9-5-6-10-27-17-24-25-18-27)23-15-20(7-3-2-4-8-20)16-26-11-13-28-14-12-26/h17-18H,2-16H2,1H3,(H2,21,22,23). The molecule has 1 saturated carbocycles. The molecule has 2 fully saturated rings. The van der Waals surface area contributed by atoms with Crippen molar-refractivity contribution in [3.8, 4) is 0 Å². The second kappa shape index (κ2) is 11.4. The number of nitrogens with one attached hydrogen (secondary N) is 2. The fraction of sp³-hybridized carbons (Fsp3) is 0.850. The lowest BCUT2D eigenvalue weighted by molar-refractivity contribution is 0.00820. The third-order valence-corrected chi connectivity index (χ3v) is 6.03. The van der Waals surface area contributed by atoms with Crippen LogP contribution in [0.5, 0.6) is 0 Å². The molecule has 1 aliphatic heterocycles. The maximum atomic E-state index is 5.53. The average molecular weight is 392 g/mol. The zero-order valence-electron chi connectivity index (χ0n) is 17.4. The summed E-state index contributed by atoms with van der Waals surface area (Å²) in [4.78, 5) is 7.03. The summed E-state index contributed by atoms with van der Waals surface area (Å²) >= 11 is 0. The molecule has 2 N–H and O–H groups in total. The molecular formula is C20H37N7O. The Balaban J connectivity index is 1.40. The van der Waals surface area contributed by atoms with Crippen LogP contribution in [0.3, 0.4) is 0 Å². The lowest BCUT2D eigenvalue weighted by Crippen LogP contribution is -2.51. The van der Waals surface area contributed by atoms with Crippen molar-refractivity contribution in [1.82, 2.24) is 30.3 Å². The van der Waals surface area contributed by atoms with Crippen LogP contribution < -0.4 is 10.6 Å². The van der Waals surface area contributed by atoms with E-state index < -0.39 is 0 Å². The van der Waals surface area contributed by atoms with Crippen molar-refractivity contribution in [2.45, 2.75) is 51.5 Å². The number of nitrogens with zero attached hydrogens (tertiary/aromatic N) is 5. The number of hydrogen-bond donors (Lipinski definition) is 2. The summed E-state index contributed by atoms with van der Waals surface area (Å²) in [6.45, 7) is 7.97. The predicted octanol–water partition coefficient (Wildman–Crippen LogP) is 1.51. The monoisotopic (exact) mass is 391 g/mol. The van der Waals surface area contributed by atoms with Gasteiger partial charge in [0, 0.05) is 51.7 Å². The minimum Gasteiger partial charge on any atom is -0.379 e. The van der Waals surface area contributed by atoms with Gasteiger partial charge in [-0.1, -0.05) is 19.3 Å². The van der Waals surface area contributed by atoms with Crippen LogP contribution in [0.25, 0.3) is 0 Å². The minimum absolute atomic E-state index is 0.363. The van der Waals surface area contributed by atoms with Gasteiger partial charge in [-0.25, -0.2) is 0 Å². The number of morpholine rings is 1. The molecule has 28 heavy (non-hydrogen) atoms. The average Bonchev–Trinajstić information content (AvgIpc) is 3.25. The summed E-state index contributed by atoms with van der Waals surface area (Å²) in [6, 6.07) is 0.